The molecule has 1 amide bonds. The lowest BCUT2D eigenvalue weighted by atomic mass is 10.2. The highest BCUT2D eigenvalue weighted by Gasteiger charge is 2.15. The van der Waals surface area contributed by atoms with E-state index in [9.17, 15) is 4.79 Å². The number of carbonyl (C=O) groups excluding carboxylic acids is 1. The van der Waals surface area contributed by atoms with Crippen LogP contribution in [0.3, 0.4) is 0 Å². The molecule has 7 heteroatoms. The fourth-order valence-electron chi connectivity index (χ4n) is 1.72. The summed E-state index contributed by atoms with van der Waals surface area (Å²) in [6.45, 7) is 1.65. The molecular weight excluding hydrogens is 260 g/mol. The topological polar surface area (TPSA) is 94.0 Å². The standard InChI is InChI=1S/C13H10N4O3/c1-8-11(17-20-16-8)12(18)15-10-4-2-3-9(7-10)13-14-5-6-19-13/h2-7H,1H3,(H,15,18). The third kappa shape index (κ3) is 2.28. The molecule has 100 valence electrons. The van der Waals surface area contributed by atoms with Gasteiger partial charge in [0.1, 0.15) is 12.0 Å². The van der Waals surface area contributed by atoms with Gasteiger partial charge in [0.25, 0.3) is 5.91 Å². The molecule has 0 atom stereocenters. The maximum atomic E-state index is 12.0. The fourth-order valence-corrected chi connectivity index (χ4v) is 1.72. The Labute approximate surface area is 113 Å². The van der Waals surface area contributed by atoms with Crippen molar-refractivity contribution in [3.05, 3.63) is 48.1 Å². The van der Waals surface area contributed by atoms with Crippen molar-refractivity contribution in [1.82, 2.24) is 15.3 Å². The molecule has 1 aromatic carbocycles. The lowest BCUT2D eigenvalue weighted by Gasteiger charge is -2.04. The van der Waals surface area contributed by atoms with E-state index in [1.165, 1.54) is 6.26 Å². The molecule has 3 aromatic rings. The summed E-state index contributed by atoms with van der Waals surface area (Å²) < 4.78 is 9.71. The van der Waals surface area contributed by atoms with Gasteiger partial charge in [-0.05, 0) is 30.3 Å². The monoisotopic (exact) mass is 270 g/mol. The summed E-state index contributed by atoms with van der Waals surface area (Å²) in [6.07, 6.45) is 3.05. The number of aryl methyl sites for hydroxylation is 1. The second-order valence-electron chi connectivity index (χ2n) is 4.07. The summed E-state index contributed by atoms with van der Waals surface area (Å²) >= 11 is 0. The van der Waals surface area contributed by atoms with E-state index in [-0.39, 0.29) is 11.6 Å². The predicted molar refractivity (Wildman–Crippen MR) is 68.9 cm³/mol. The number of anilines is 1. The zero-order chi connectivity index (χ0) is 13.9. The highest BCUT2D eigenvalue weighted by atomic mass is 16.6. The first-order chi connectivity index (χ1) is 9.74. The van der Waals surface area contributed by atoms with Gasteiger partial charge in [-0.3, -0.25) is 4.79 Å². The minimum absolute atomic E-state index is 0.159. The van der Waals surface area contributed by atoms with Crippen LogP contribution in [-0.4, -0.2) is 21.2 Å². The van der Waals surface area contributed by atoms with Crippen LogP contribution in [0.25, 0.3) is 11.5 Å². The number of oxazole rings is 1. The number of benzene rings is 1. The lowest BCUT2D eigenvalue weighted by molar-refractivity contribution is 0.101. The molecule has 0 saturated carbocycles. The van der Waals surface area contributed by atoms with Crippen molar-refractivity contribution in [3.63, 3.8) is 0 Å². The molecule has 0 bridgehead atoms. The van der Waals surface area contributed by atoms with Gasteiger partial charge < -0.3 is 9.73 Å². The molecule has 0 radical (unpaired) electrons. The zero-order valence-electron chi connectivity index (χ0n) is 10.5. The predicted octanol–water partition coefficient (Wildman–Crippen LogP) is 2.29. The van der Waals surface area contributed by atoms with Gasteiger partial charge in [0, 0.05) is 11.3 Å². The van der Waals surface area contributed by atoms with Crippen molar-refractivity contribution in [2.45, 2.75) is 6.92 Å². The molecule has 0 aliphatic heterocycles. The molecule has 1 N–H and O–H groups in total. The Balaban J connectivity index is 1.83. The van der Waals surface area contributed by atoms with Crippen LogP contribution in [0, 0.1) is 6.92 Å². The van der Waals surface area contributed by atoms with Gasteiger partial charge in [0.05, 0.1) is 6.20 Å². The fraction of sp³-hybridized carbons (Fsp3) is 0.0769. The van der Waals surface area contributed by atoms with E-state index in [0.29, 0.717) is 17.3 Å². The second kappa shape index (κ2) is 4.96. The van der Waals surface area contributed by atoms with Crippen molar-refractivity contribution >= 4 is 11.6 Å². The lowest BCUT2D eigenvalue weighted by Crippen LogP contribution is -2.13. The number of nitrogens with zero attached hydrogens (tertiary/aromatic N) is 3. The Bertz CT molecular complexity index is 734. The number of aromatic nitrogens is 3. The Morgan fingerprint density at radius 2 is 2.20 bits per heavy atom. The van der Waals surface area contributed by atoms with Crippen LogP contribution in [-0.2, 0) is 0 Å². The largest absolute Gasteiger partial charge is 0.445 e. The van der Waals surface area contributed by atoms with Crippen LogP contribution in [0.15, 0.2) is 45.8 Å². The van der Waals surface area contributed by atoms with Crippen LogP contribution in [0.5, 0.6) is 0 Å². The zero-order valence-corrected chi connectivity index (χ0v) is 10.5. The molecule has 0 unspecified atom stereocenters. The molecule has 2 aromatic heterocycles. The van der Waals surface area contributed by atoms with Gasteiger partial charge in [-0.2, -0.15) is 0 Å². The average Bonchev–Trinajstić information content (AvgIpc) is 3.09. The Kier molecular flexibility index (Phi) is 3.00. The maximum absolute atomic E-state index is 12.0. The van der Waals surface area contributed by atoms with E-state index in [2.05, 4.69) is 25.2 Å². The quantitative estimate of drug-likeness (QED) is 0.784. The van der Waals surface area contributed by atoms with Gasteiger partial charge in [-0.15, -0.1) is 0 Å². The van der Waals surface area contributed by atoms with Crippen molar-refractivity contribution in [1.29, 1.82) is 0 Å². The Hall–Kier alpha value is -2.96. The third-order valence-electron chi connectivity index (χ3n) is 2.67. The first-order valence-electron chi connectivity index (χ1n) is 5.84. The van der Waals surface area contributed by atoms with Crippen LogP contribution >= 0.6 is 0 Å². The maximum Gasteiger partial charge on any atom is 0.279 e. The average molecular weight is 270 g/mol. The van der Waals surface area contributed by atoms with Crippen LogP contribution in [0.1, 0.15) is 16.2 Å². The van der Waals surface area contributed by atoms with Crippen molar-refractivity contribution in [2.75, 3.05) is 5.32 Å². The van der Waals surface area contributed by atoms with Gasteiger partial charge in [0.15, 0.2) is 5.69 Å². The summed E-state index contributed by atoms with van der Waals surface area (Å²) in [4.78, 5) is 16.0. The molecule has 2 heterocycles. The number of nitrogens with one attached hydrogen (secondary N) is 1. The number of hydrogen-bond donors (Lipinski definition) is 1. The van der Waals surface area contributed by atoms with Crippen molar-refractivity contribution < 1.29 is 13.8 Å². The van der Waals surface area contributed by atoms with E-state index in [1.54, 1.807) is 31.3 Å². The van der Waals surface area contributed by atoms with Gasteiger partial charge in [0.2, 0.25) is 5.89 Å². The minimum atomic E-state index is -0.381. The molecule has 7 nitrogen and oxygen atoms in total. The van der Waals surface area contributed by atoms with Gasteiger partial charge in [-0.1, -0.05) is 11.2 Å². The van der Waals surface area contributed by atoms with Crippen LogP contribution < -0.4 is 5.32 Å². The summed E-state index contributed by atoms with van der Waals surface area (Å²) in [6, 6.07) is 7.15. The highest BCUT2D eigenvalue weighted by molar-refractivity contribution is 6.03. The van der Waals surface area contributed by atoms with Crippen molar-refractivity contribution in [3.8, 4) is 11.5 Å². The van der Waals surface area contributed by atoms with E-state index in [0.717, 1.165) is 5.56 Å². The minimum Gasteiger partial charge on any atom is -0.445 e. The Morgan fingerprint density at radius 3 is 2.90 bits per heavy atom. The van der Waals surface area contributed by atoms with E-state index < -0.39 is 0 Å². The first-order valence-corrected chi connectivity index (χ1v) is 5.84. The Morgan fingerprint density at radius 1 is 1.30 bits per heavy atom. The summed E-state index contributed by atoms with van der Waals surface area (Å²) in [5.74, 6) is 0.105. The van der Waals surface area contributed by atoms with E-state index >= 15 is 0 Å². The van der Waals surface area contributed by atoms with Gasteiger partial charge >= 0.3 is 0 Å². The molecule has 0 aliphatic carbocycles. The van der Waals surface area contributed by atoms with E-state index in [4.69, 9.17) is 4.42 Å². The normalized spacial score (nSPS) is 10.4. The summed E-state index contributed by atoms with van der Waals surface area (Å²) in [7, 11) is 0. The molecule has 3 rings (SSSR count). The van der Waals surface area contributed by atoms with Crippen LogP contribution in [0.2, 0.25) is 0 Å². The highest BCUT2D eigenvalue weighted by Crippen LogP contribution is 2.21. The molecule has 0 saturated heterocycles. The molecule has 0 aliphatic rings. The molecular formula is C13H10N4O3. The van der Waals surface area contributed by atoms with E-state index in [1.807, 2.05) is 6.07 Å². The number of hydrogen-bond acceptors (Lipinski definition) is 6. The molecule has 0 spiro atoms. The number of amides is 1. The van der Waals surface area contributed by atoms with Gasteiger partial charge in [-0.25, -0.2) is 9.61 Å². The summed E-state index contributed by atoms with van der Waals surface area (Å²) in [5, 5.41) is 9.84. The third-order valence-corrected chi connectivity index (χ3v) is 2.67. The second-order valence-corrected chi connectivity index (χ2v) is 4.07. The smallest absolute Gasteiger partial charge is 0.279 e. The number of rotatable bonds is 3. The SMILES string of the molecule is Cc1nonc1C(=O)Nc1cccc(-c2ncco2)c1. The molecule has 20 heavy (non-hydrogen) atoms. The molecule has 0 fully saturated rings. The van der Waals surface area contributed by atoms with Crippen molar-refractivity contribution in [2.24, 2.45) is 0 Å². The number of carbonyl (C=O) groups is 1. The summed E-state index contributed by atoms with van der Waals surface area (Å²) in [5.41, 5.74) is 1.97. The van der Waals surface area contributed by atoms with Crippen LogP contribution in [0.4, 0.5) is 5.69 Å². The first kappa shape index (κ1) is 12.1.